The van der Waals surface area contributed by atoms with Crippen molar-refractivity contribution in [3.63, 3.8) is 0 Å². The lowest BCUT2D eigenvalue weighted by Crippen LogP contribution is -2.26. The number of fused-ring (bicyclic) bond motifs is 2. The summed E-state index contributed by atoms with van der Waals surface area (Å²) >= 11 is 8.32. The van der Waals surface area contributed by atoms with Crippen molar-refractivity contribution in [1.29, 1.82) is 0 Å². The van der Waals surface area contributed by atoms with Crippen molar-refractivity contribution in [2.75, 3.05) is 24.8 Å². The number of benzene rings is 2. The van der Waals surface area contributed by atoms with Gasteiger partial charge in [0, 0.05) is 12.1 Å². The van der Waals surface area contributed by atoms with E-state index in [0.29, 0.717) is 45.4 Å². The van der Waals surface area contributed by atoms with Crippen molar-refractivity contribution in [2.45, 2.75) is 11.7 Å². The third-order valence-electron chi connectivity index (χ3n) is 4.29. The minimum Gasteiger partial charge on any atom is -0.383 e. The van der Waals surface area contributed by atoms with E-state index in [1.807, 2.05) is 12.1 Å². The molecule has 0 radical (unpaired) electrons. The van der Waals surface area contributed by atoms with Gasteiger partial charge in [-0.3, -0.25) is 14.2 Å². The number of nitrogens with zero attached hydrogens (tertiary/aromatic N) is 4. The third-order valence-corrected chi connectivity index (χ3v) is 6.05. The van der Waals surface area contributed by atoms with E-state index >= 15 is 0 Å². The number of amides is 1. The quantitative estimate of drug-likeness (QED) is 0.332. The van der Waals surface area contributed by atoms with Gasteiger partial charge in [-0.1, -0.05) is 29.4 Å². The molecule has 4 aromatic rings. The summed E-state index contributed by atoms with van der Waals surface area (Å²) in [6.07, 6.45) is 0. The van der Waals surface area contributed by atoms with Crippen LogP contribution in [0.25, 0.3) is 21.9 Å². The van der Waals surface area contributed by atoms with E-state index < -0.39 is 0 Å². The number of carbonyl (C=O) groups excluding carboxylic acids is 1. The summed E-state index contributed by atoms with van der Waals surface area (Å²) < 4.78 is 15.0. The van der Waals surface area contributed by atoms with E-state index in [-0.39, 0.29) is 17.2 Å². The molecule has 0 unspecified atom stereocenters. The van der Waals surface area contributed by atoms with Crippen molar-refractivity contribution in [3.05, 3.63) is 51.8 Å². The van der Waals surface area contributed by atoms with Gasteiger partial charge in [-0.25, -0.2) is 4.98 Å². The molecular formula is C19H16ClN5O3S2. The molecule has 154 valence electrons. The fourth-order valence-electron chi connectivity index (χ4n) is 2.89. The zero-order valence-electron chi connectivity index (χ0n) is 15.8. The van der Waals surface area contributed by atoms with Crippen LogP contribution in [0.2, 0.25) is 5.02 Å². The third kappa shape index (κ3) is 4.31. The highest BCUT2D eigenvalue weighted by Gasteiger charge is 2.15. The highest BCUT2D eigenvalue weighted by Crippen LogP contribution is 2.23. The smallest absolute Gasteiger partial charge is 0.262 e. The Morgan fingerprint density at radius 2 is 2.13 bits per heavy atom. The number of thioether (sulfide) groups is 1. The summed E-state index contributed by atoms with van der Waals surface area (Å²) in [4.78, 5) is 30.0. The van der Waals surface area contributed by atoms with Crippen LogP contribution in [0.3, 0.4) is 0 Å². The Bertz CT molecular complexity index is 1290. The van der Waals surface area contributed by atoms with Gasteiger partial charge in [0.25, 0.3) is 5.56 Å². The second-order valence-electron chi connectivity index (χ2n) is 6.28. The number of hydrogen-bond acceptors (Lipinski definition) is 8. The van der Waals surface area contributed by atoms with Crippen molar-refractivity contribution < 1.29 is 9.53 Å². The molecule has 0 aliphatic rings. The summed E-state index contributed by atoms with van der Waals surface area (Å²) in [7, 11) is 1.56. The normalized spacial score (nSPS) is 11.3. The Labute approximate surface area is 184 Å². The first-order valence-electron chi connectivity index (χ1n) is 8.90. The van der Waals surface area contributed by atoms with E-state index in [4.69, 9.17) is 16.3 Å². The minimum absolute atomic E-state index is 0.0689. The minimum atomic E-state index is -0.237. The Morgan fingerprint density at radius 3 is 2.97 bits per heavy atom. The summed E-state index contributed by atoms with van der Waals surface area (Å²) in [6.45, 7) is 0.675. The van der Waals surface area contributed by atoms with Gasteiger partial charge in [0.2, 0.25) is 5.91 Å². The van der Waals surface area contributed by atoms with E-state index in [0.717, 1.165) is 17.2 Å². The molecule has 0 atom stereocenters. The van der Waals surface area contributed by atoms with Crippen LogP contribution < -0.4 is 10.9 Å². The summed E-state index contributed by atoms with van der Waals surface area (Å²) in [6, 6.07) is 10.4. The van der Waals surface area contributed by atoms with E-state index in [2.05, 4.69) is 19.0 Å². The Kier molecular flexibility index (Phi) is 6.28. The summed E-state index contributed by atoms with van der Waals surface area (Å²) in [5.74, 6) is -0.168. The average Bonchev–Trinajstić information content (AvgIpc) is 3.21. The van der Waals surface area contributed by atoms with Gasteiger partial charge in [0.1, 0.15) is 11.0 Å². The monoisotopic (exact) mass is 461 g/mol. The predicted molar refractivity (Wildman–Crippen MR) is 120 cm³/mol. The molecule has 0 bridgehead atoms. The Balaban J connectivity index is 1.58. The van der Waals surface area contributed by atoms with Crippen LogP contribution in [0.15, 0.2) is 46.3 Å². The fourth-order valence-corrected chi connectivity index (χ4v) is 4.43. The number of rotatable bonds is 7. The molecule has 1 amide bonds. The number of anilines is 1. The SMILES string of the molecule is COCCn1c(SCC(=O)Nc2cccc3nsnc23)nc2cc(Cl)ccc2c1=O. The maximum atomic E-state index is 12.9. The number of nitrogens with one attached hydrogen (secondary N) is 1. The zero-order chi connectivity index (χ0) is 21.1. The topological polar surface area (TPSA) is 99.0 Å². The molecule has 30 heavy (non-hydrogen) atoms. The lowest BCUT2D eigenvalue weighted by atomic mass is 10.2. The number of methoxy groups -OCH3 is 1. The second kappa shape index (κ2) is 9.09. The van der Waals surface area contributed by atoms with Crippen LogP contribution in [-0.2, 0) is 16.1 Å². The van der Waals surface area contributed by atoms with Crippen LogP contribution >= 0.6 is 35.1 Å². The first-order valence-corrected chi connectivity index (χ1v) is 11.0. The van der Waals surface area contributed by atoms with Crippen LogP contribution in [0.5, 0.6) is 0 Å². The first kappa shape index (κ1) is 20.7. The number of ether oxygens (including phenoxy) is 1. The van der Waals surface area contributed by atoms with Gasteiger partial charge in [-0.05, 0) is 30.3 Å². The van der Waals surface area contributed by atoms with Gasteiger partial charge >= 0.3 is 0 Å². The summed E-state index contributed by atoms with van der Waals surface area (Å²) in [5.41, 5.74) is 2.27. The molecule has 0 saturated carbocycles. The first-order chi connectivity index (χ1) is 14.6. The van der Waals surface area contributed by atoms with Gasteiger partial charge in [0.05, 0.1) is 47.2 Å². The lowest BCUT2D eigenvalue weighted by molar-refractivity contribution is -0.113. The molecule has 0 aliphatic carbocycles. The maximum Gasteiger partial charge on any atom is 0.262 e. The largest absolute Gasteiger partial charge is 0.383 e. The number of carbonyl (C=O) groups is 1. The number of hydrogen-bond donors (Lipinski definition) is 1. The predicted octanol–water partition coefficient (Wildman–Crippen LogP) is 3.43. The van der Waals surface area contributed by atoms with Crippen LogP contribution in [0.4, 0.5) is 5.69 Å². The molecule has 4 rings (SSSR count). The number of halogens is 1. The molecule has 0 aliphatic heterocycles. The van der Waals surface area contributed by atoms with E-state index in [1.165, 1.54) is 16.3 Å². The molecule has 0 spiro atoms. The van der Waals surface area contributed by atoms with Crippen molar-refractivity contribution in [2.24, 2.45) is 0 Å². The van der Waals surface area contributed by atoms with Crippen molar-refractivity contribution in [1.82, 2.24) is 18.3 Å². The second-order valence-corrected chi connectivity index (χ2v) is 8.19. The van der Waals surface area contributed by atoms with Crippen molar-refractivity contribution >= 4 is 68.6 Å². The fraction of sp³-hybridized carbons (Fsp3) is 0.211. The van der Waals surface area contributed by atoms with Gasteiger partial charge in [-0.15, -0.1) is 0 Å². The molecule has 0 fully saturated rings. The summed E-state index contributed by atoms with van der Waals surface area (Å²) in [5, 5.41) is 4.23. The van der Waals surface area contributed by atoms with Crippen LogP contribution in [0.1, 0.15) is 0 Å². The molecule has 8 nitrogen and oxygen atoms in total. The molecule has 11 heteroatoms. The van der Waals surface area contributed by atoms with Gasteiger partial charge < -0.3 is 10.1 Å². The van der Waals surface area contributed by atoms with E-state index in [1.54, 1.807) is 31.4 Å². The molecule has 2 aromatic heterocycles. The number of aromatic nitrogens is 4. The Morgan fingerprint density at radius 1 is 1.27 bits per heavy atom. The van der Waals surface area contributed by atoms with E-state index in [9.17, 15) is 9.59 Å². The lowest BCUT2D eigenvalue weighted by Gasteiger charge is -2.13. The molecule has 1 N–H and O–H groups in total. The van der Waals surface area contributed by atoms with Gasteiger partial charge in [-0.2, -0.15) is 8.75 Å². The molecular weight excluding hydrogens is 446 g/mol. The highest BCUT2D eigenvalue weighted by molar-refractivity contribution is 7.99. The standard InChI is InChI=1S/C19H16ClN5O3S2/c1-28-8-7-25-18(27)12-6-5-11(20)9-15(12)22-19(25)29-10-16(26)21-13-3-2-4-14-17(13)24-30-23-14/h2-6,9H,7-8,10H2,1H3,(H,21,26). The zero-order valence-corrected chi connectivity index (χ0v) is 18.2. The van der Waals surface area contributed by atoms with Crippen LogP contribution in [0, 0.1) is 0 Å². The average molecular weight is 462 g/mol. The highest BCUT2D eigenvalue weighted by atomic mass is 35.5. The molecule has 0 saturated heterocycles. The van der Waals surface area contributed by atoms with Gasteiger partial charge in [0.15, 0.2) is 5.16 Å². The molecule has 2 heterocycles. The van der Waals surface area contributed by atoms with Crippen molar-refractivity contribution in [3.8, 4) is 0 Å². The maximum absolute atomic E-state index is 12.9. The van der Waals surface area contributed by atoms with Crippen LogP contribution in [-0.4, -0.2) is 43.7 Å². The Hall–Kier alpha value is -2.53. The molecule has 2 aromatic carbocycles.